The van der Waals surface area contributed by atoms with Crippen LogP contribution in [0.15, 0.2) is 36.1 Å². The van der Waals surface area contributed by atoms with E-state index in [2.05, 4.69) is 15.3 Å². The van der Waals surface area contributed by atoms with Gasteiger partial charge in [0.1, 0.15) is 12.1 Å². The average molecular weight is 318 g/mol. The Hall–Kier alpha value is -1.99. The van der Waals surface area contributed by atoms with Gasteiger partial charge in [0.05, 0.1) is 6.10 Å². The summed E-state index contributed by atoms with van der Waals surface area (Å²) < 4.78 is 0. The summed E-state index contributed by atoms with van der Waals surface area (Å²) in [5, 5.41) is 15.0. The number of rotatable bonds is 4. The van der Waals surface area contributed by atoms with E-state index in [-0.39, 0.29) is 12.1 Å². The zero-order valence-electron chi connectivity index (χ0n) is 12.1. The second kappa shape index (κ2) is 6.85. The van der Waals surface area contributed by atoms with E-state index >= 15 is 0 Å². The van der Waals surface area contributed by atoms with Crippen molar-refractivity contribution in [2.75, 3.05) is 11.9 Å². The molecule has 1 fully saturated rings. The number of anilines is 1. The summed E-state index contributed by atoms with van der Waals surface area (Å²) in [5.41, 5.74) is 0. The zero-order chi connectivity index (χ0) is 15.4. The van der Waals surface area contributed by atoms with Gasteiger partial charge in [-0.3, -0.25) is 5.32 Å². The summed E-state index contributed by atoms with van der Waals surface area (Å²) >= 11 is 1.54. The minimum atomic E-state index is -0.516. The van der Waals surface area contributed by atoms with Gasteiger partial charge in [0.2, 0.25) is 0 Å². The van der Waals surface area contributed by atoms with Gasteiger partial charge >= 0.3 is 6.03 Å². The molecule has 2 atom stereocenters. The zero-order valence-corrected chi connectivity index (χ0v) is 12.9. The molecule has 0 aliphatic carbocycles. The quantitative estimate of drug-likeness (QED) is 0.908. The number of aliphatic hydroxyl groups is 1. The molecule has 0 bridgehead atoms. The summed E-state index contributed by atoms with van der Waals surface area (Å²) in [6.45, 7) is 0.707. The average Bonchev–Trinajstić information content (AvgIpc) is 3.19. The molecule has 22 heavy (non-hydrogen) atoms. The van der Waals surface area contributed by atoms with Gasteiger partial charge in [-0.15, -0.1) is 11.3 Å². The molecule has 3 heterocycles. The number of urea groups is 1. The molecule has 2 N–H and O–H groups in total. The van der Waals surface area contributed by atoms with Crippen LogP contribution in [0.25, 0.3) is 0 Å². The van der Waals surface area contributed by atoms with Gasteiger partial charge in [0.25, 0.3) is 0 Å². The fraction of sp³-hybridized carbons (Fsp3) is 0.400. The van der Waals surface area contributed by atoms with E-state index in [1.165, 1.54) is 6.33 Å². The van der Waals surface area contributed by atoms with Crippen molar-refractivity contribution in [3.8, 4) is 0 Å². The summed E-state index contributed by atoms with van der Waals surface area (Å²) in [7, 11) is 0. The monoisotopic (exact) mass is 318 g/mol. The number of hydrogen-bond donors (Lipinski definition) is 2. The molecule has 2 aromatic heterocycles. The van der Waals surface area contributed by atoms with Crippen molar-refractivity contribution in [2.45, 2.75) is 31.4 Å². The normalized spacial score (nSPS) is 19.1. The molecule has 0 saturated carbocycles. The van der Waals surface area contributed by atoms with Gasteiger partial charge in [-0.05, 0) is 36.8 Å². The van der Waals surface area contributed by atoms with E-state index in [1.807, 2.05) is 17.5 Å². The molecule has 116 valence electrons. The SMILES string of the molecule is O=C(Nc1ccncn1)N1CCC[C@@H]1C[C@@H](O)c1cccs1. The number of nitrogens with one attached hydrogen (secondary N) is 1. The molecule has 0 unspecified atom stereocenters. The molecule has 7 heteroatoms. The van der Waals surface area contributed by atoms with Crippen molar-refractivity contribution in [1.82, 2.24) is 14.9 Å². The molecule has 0 aromatic carbocycles. The van der Waals surface area contributed by atoms with Crippen LogP contribution in [0.1, 0.15) is 30.2 Å². The lowest BCUT2D eigenvalue weighted by Crippen LogP contribution is -2.39. The number of aromatic nitrogens is 2. The maximum atomic E-state index is 12.4. The molecular formula is C15H18N4O2S. The number of nitrogens with zero attached hydrogens (tertiary/aromatic N) is 3. The van der Waals surface area contributed by atoms with Crippen LogP contribution in [0.5, 0.6) is 0 Å². The highest BCUT2D eigenvalue weighted by Crippen LogP contribution is 2.29. The highest BCUT2D eigenvalue weighted by atomic mass is 32.1. The molecule has 0 spiro atoms. The van der Waals surface area contributed by atoms with Crippen LogP contribution in [0, 0.1) is 0 Å². The standard InChI is InChI=1S/C15H18N4O2S/c20-12(13-4-2-8-22-13)9-11-3-1-7-19(11)15(21)18-14-5-6-16-10-17-14/h2,4-6,8,10-12,20H,1,3,7,9H2,(H,16,17,18,21)/t11-,12-/m1/s1. The number of hydrogen-bond acceptors (Lipinski definition) is 5. The van der Waals surface area contributed by atoms with E-state index in [0.717, 1.165) is 17.7 Å². The van der Waals surface area contributed by atoms with Crippen molar-refractivity contribution in [3.05, 3.63) is 41.0 Å². The van der Waals surface area contributed by atoms with Gasteiger partial charge in [-0.25, -0.2) is 14.8 Å². The Bertz CT molecular complexity index is 605. The first-order chi connectivity index (χ1) is 10.7. The maximum absolute atomic E-state index is 12.4. The Balaban J connectivity index is 1.61. The second-order valence-corrected chi connectivity index (χ2v) is 6.26. The molecule has 1 aliphatic heterocycles. The lowest BCUT2D eigenvalue weighted by molar-refractivity contribution is 0.132. The van der Waals surface area contributed by atoms with Crippen LogP contribution in [-0.4, -0.2) is 38.6 Å². The lowest BCUT2D eigenvalue weighted by atomic mass is 10.1. The Labute approximate surface area is 132 Å². The van der Waals surface area contributed by atoms with Gasteiger partial charge < -0.3 is 10.0 Å². The molecule has 2 amide bonds. The smallest absolute Gasteiger partial charge is 0.323 e. The molecule has 3 rings (SSSR count). The van der Waals surface area contributed by atoms with Crippen LogP contribution < -0.4 is 5.32 Å². The van der Waals surface area contributed by atoms with Crippen molar-refractivity contribution >= 4 is 23.2 Å². The summed E-state index contributed by atoms with van der Waals surface area (Å²) in [6, 6.07) is 5.40. The molecule has 1 saturated heterocycles. The van der Waals surface area contributed by atoms with Crippen molar-refractivity contribution < 1.29 is 9.90 Å². The van der Waals surface area contributed by atoms with Crippen molar-refractivity contribution in [3.63, 3.8) is 0 Å². The highest BCUT2D eigenvalue weighted by molar-refractivity contribution is 7.10. The van der Waals surface area contributed by atoms with Crippen LogP contribution in [0.2, 0.25) is 0 Å². The largest absolute Gasteiger partial charge is 0.387 e. The number of carbonyl (C=O) groups excluding carboxylic acids is 1. The van der Waals surface area contributed by atoms with Crippen LogP contribution in [-0.2, 0) is 0 Å². The summed E-state index contributed by atoms with van der Waals surface area (Å²) in [4.78, 5) is 22.9. The van der Waals surface area contributed by atoms with E-state index in [0.29, 0.717) is 18.8 Å². The fourth-order valence-electron chi connectivity index (χ4n) is 2.75. The maximum Gasteiger partial charge on any atom is 0.323 e. The van der Waals surface area contributed by atoms with E-state index < -0.39 is 6.10 Å². The predicted molar refractivity (Wildman–Crippen MR) is 84.7 cm³/mol. The van der Waals surface area contributed by atoms with Crippen LogP contribution in [0.3, 0.4) is 0 Å². The molecular weight excluding hydrogens is 300 g/mol. The Kier molecular flexibility index (Phi) is 4.65. The van der Waals surface area contributed by atoms with Gasteiger partial charge in [0, 0.05) is 23.7 Å². The third kappa shape index (κ3) is 3.42. The number of thiophene rings is 1. The Morgan fingerprint density at radius 3 is 3.18 bits per heavy atom. The first-order valence-electron chi connectivity index (χ1n) is 7.29. The van der Waals surface area contributed by atoms with Crippen LogP contribution >= 0.6 is 11.3 Å². The number of aliphatic hydroxyl groups excluding tert-OH is 1. The minimum Gasteiger partial charge on any atom is -0.387 e. The van der Waals surface area contributed by atoms with Gasteiger partial charge in [-0.2, -0.15) is 0 Å². The fourth-order valence-corrected chi connectivity index (χ4v) is 3.47. The predicted octanol–water partition coefficient (Wildman–Crippen LogP) is 2.66. The Morgan fingerprint density at radius 1 is 1.55 bits per heavy atom. The third-order valence-electron chi connectivity index (χ3n) is 3.82. The van der Waals surface area contributed by atoms with Crippen molar-refractivity contribution in [2.24, 2.45) is 0 Å². The topological polar surface area (TPSA) is 78.4 Å². The molecule has 1 aliphatic rings. The van der Waals surface area contributed by atoms with Crippen LogP contribution in [0.4, 0.5) is 10.6 Å². The first kappa shape index (κ1) is 14.9. The summed E-state index contributed by atoms with van der Waals surface area (Å²) in [5.74, 6) is 0.490. The van der Waals surface area contributed by atoms with E-state index in [9.17, 15) is 9.90 Å². The molecule has 2 aromatic rings. The minimum absolute atomic E-state index is 0.0546. The van der Waals surface area contributed by atoms with E-state index in [4.69, 9.17) is 0 Å². The lowest BCUT2D eigenvalue weighted by Gasteiger charge is -2.26. The van der Waals surface area contributed by atoms with Crippen molar-refractivity contribution in [1.29, 1.82) is 0 Å². The third-order valence-corrected chi connectivity index (χ3v) is 4.80. The van der Waals surface area contributed by atoms with Gasteiger partial charge in [0.15, 0.2) is 0 Å². The second-order valence-electron chi connectivity index (χ2n) is 5.28. The highest BCUT2D eigenvalue weighted by Gasteiger charge is 2.31. The molecule has 6 nitrogen and oxygen atoms in total. The number of likely N-dealkylation sites (tertiary alicyclic amines) is 1. The first-order valence-corrected chi connectivity index (χ1v) is 8.17. The number of carbonyl (C=O) groups is 1. The molecule has 0 radical (unpaired) electrons. The summed E-state index contributed by atoms with van der Waals surface area (Å²) in [6.07, 6.45) is 4.91. The Morgan fingerprint density at radius 2 is 2.45 bits per heavy atom. The van der Waals surface area contributed by atoms with Gasteiger partial charge in [-0.1, -0.05) is 6.07 Å². The number of amides is 2. The van der Waals surface area contributed by atoms with E-state index in [1.54, 1.807) is 28.5 Å².